The van der Waals surface area contributed by atoms with Crippen LogP contribution >= 0.6 is 11.6 Å². The Morgan fingerprint density at radius 1 is 1.04 bits per heavy atom. The number of hydrogen-bond acceptors (Lipinski definition) is 3. The first-order chi connectivity index (χ1) is 12.5. The van der Waals surface area contributed by atoms with Gasteiger partial charge in [0.05, 0.1) is 5.02 Å². The molecule has 1 aromatic heterocycles. The van der Waals surface area contributed by atoms with E-state index in [0.717, 1.165) is 11.3 Å². The molecule has 0 fully saturated rings. The lowest BCUT2D eigenvalue weighted by Crippen LogP contribution is -2.32. The highest BCUT2D eigenvalue weighted by Gasteiger charge is 2.38. The van der Waals surface area contributed by atoms with Crippen molar-refractivity contribution in [3.8, 4) is 0 Å². The molecular weight excluding hydrogens is 346 g/mol. The number of anilines is 2. The lowest BCUT2D eigenvalue weighted by atomic mass is 10.1. The molecule has 5 heteroatoms. The highest BCUT2D eigenvalue weighted by molar-refractivity contribution is 6.30. The van der Waals surface area contributed by atoms with Gasteiger partial charge >= 0.3 is 0 Å². The van der Waals surface area contributed by atoms with Gasteiger partial charge in [-0.3, -0.25) is 9.69 Å². The number of rotatable bonds is 3. The van der Waals surface area contributed by atoms with Crippen molar-refractivity contribution in [3.05, 3.63) is 88.1 Å². The van der Waals surface area contributed by atoms with Crippen LogP contribution in [0.15, 0.2) is 60.8 Å². The van der Waals surface area contributed by atoms with Crippen LogP contribution in [0.25, 0.3) is 0 Å². The summed E-state index contributed by atoms with van der Waals surface area (Å²) in [5.41, 5.74) is 5.01. The van der Waals surface area contributed by atoms with Crippen LogP contribution in [0.2, 0.25) is 5.02 Å². The van der Waals surface area contributed by atoms with Crippen molar-refractivity contribution in [2.45, 2.75) is 20.0 Å². The van der Waals surface area contributed by atoms with E-state index in [1.54, 1.807) is 23.2 Å². The first-order valence-corrected chi connectivity index (χ1v) is 8.80. The third-order valence-electron chi connectivity index (χ3n) is 4.73. The predicted molar refractivity (Wildman–Crippen MR) is 105 cm³/mol. The number of pyridine rings is 1. The molecule has 3 aromatic rings. The molecule has 2 aromatic carbocycles. The molecule has 1 unspecified atom stereocenters. The van der Waals surface area contributed by atoms with E-state index in [9.17, 15) is 4.79 Å². The molecular formula is C21H18ClN3O. The summed E-state index contributed by atoms with van der Waals surface area (Å²) < 4.78 is 0. The molecule has 0 saturated carbocycles. The van der Waals surface area contributed by atoms with Gasteiger partial charge in [-0.05, 0) is 55.3 Å². The summed E-state index contributed by atoms with van der Waals surface area (Å²) >= 11 is 5.96. The largest absolute Gasteiger partial charge is 0.361 e. The van der Waals surface area contributed by atoms with Crippen LogP contribution in [-0.4, -0.2) is 10.9 Å². The number of benzene rings is 2. The number of aromatic nitrogens is 1. The van der Waals surface area contributed by atoms with E-state index in [4.69, 9.17) is 11.6 Å². The second-order valence-electron chi connectivity index (χ2n) is 6.44. The Labute approximate surface area is 157 Å². The quantitative estimate of drug-likeness (QED) is 0.702. The summed E-state index contributed by atoms with van der Waals surface area (Å²) in [6.45, 7) is 4.16. The highest BCUT2D eigenvalue weighted by Crippen LogP contribution is 2.37. The van der Waals surface area contributed by atoms with Gasteiger partial charge in [0.15, 0.2) is 0 Å². The minimum absolute atomic E-state index is 0.0724. The average Bonchev–Trinajstić information content (AvgIpc) is 2.92. The molecule has 26 heavy (non-hydrogen) atoms. The molecule has 4 nitrogen and oxygen atoms in total. The van der Waals surface area contributed by atoms with Gasteiger partial charge in [0, 0.05) is 23.0 Å². The van der Waals surface area contributed by atoms with Crippen LogP contribution in [0, 0.1) is 13.8 Å². The normalized spacial score (nSPS) is 15.9. The molecule has 1 aliphatic heterocycles. The van der Waals surface area contributed by atoms with Gasteiger partial charge < -0.3 is 5.32 Å². The molecule has 0 radical (unpaired) electrons. The molecule has 1 atom stereocenters. The molecule has 0 saturated heterocycles. The van der Waals surface area contributed by atoms with E-state index in [2.05, 4.69) is 36.3 Å². The maximum absolute atomic E-state index is 13.0. The Morgan fingerprint density at radius 3 is 2.58 bits per heavy atom. The molecule has 0 aliphatic carbocycles. The smallest absolute Gasteiger partial charge is 0.261 e. The van der Waals surface area contributed by atoms with Crippen LogP contribution in [0.1, 0.15) is 33.2 Å². The van der Waals surface area contributed by atoms with Crippen LogP contribution in [0.3, 0.4) is 0 Å². The molecule has 1 amide bonds. The standard InChI is InChI=1S/C21H18ClN3O/c1-13-7-9-16(11-14(13)2)24-20-17-5-3-4-6-18(17)21(26)25(20)19-10-8-15(22)12-23-19/h3-12,20,24H,1-2H3. The van der Waals surface area contributed by atoms with Crippen LogP contribution in [0.4, 0.5) is 11.5 Å². The van der Waals surface area contributed by atoms with Crippen LogP contribution in [-0.2, 0) is 0 Å². The number of halogens is 1. The Bertz CT molecular complexity index is 985. The second kappa shape index (κ2) is 6.46. The summed E-state index contributed by atoms with van der Waals surface area (Å²) in [4.78, 5) is 19.0. The summed E-state index contributed by atoms with van der Waals surface area (Å²) in [5, 5.41) is 4.03. The lowest BCUT2D eigenvalue weighted by molar-refractivity contribution is 0.0992. The van der Waals surface area contributed by atoms with Crippen LogP contribution < -0.4 is 10.2 Å². The number of carbonyl (C=O) groups excluding carboxylic acids is 1. The molecule has 0 spiro atoms. The molecule has 0 bridgehead atoms. The zero-order valence-electron chi connectivity index (χ0n) is 14.5. The van der Waals surface area contributed by atoms with Crippen LogP contribution in [0.5, 0.6) is 0 Å². The summed E-state index contributed by atoms with van der Waals surface area (Å²) in [6, 6.07) is 17.3. The zero-order valence-corrected chi connectivity index (χ0v) is 15.3. The summed E-state index contributed by atoms with van der Waals surface area (Å²) in [6.07, 6.45) is 1.23. The second-order valence-corrected chi connectivity index (χ2v) is 6.88. The Morgan fingerprint density at radius 2 is 1.85 bits per heavy atom. The number of amides is 1. The van der Waals surface area contributed by atoms with E-state index >= 15 is 0 Å². The maximum atomic E-state index is 13.0. The van der Waals surface area contributed by atoms with Crippen molar-refractivity contribution in [1.82, 2.24) is 4.98 Å². The Hall–Kier alpha value is -2.85. The first kappa shape index (κ1) is 16.6. The average molecular weight is 364 g/mol. The van der Waals surface area contributed by atoms with Crippen molar-refractivity contribution in [3.63, 3.8) is 0 Å². The predicted octanol–water partition coefficient (Wildman–Crippen LogP) is 5.12. The van der Waals surface area contributed by atoms with Gasteiger partial charge in [0.25, 0.3) is 5.91 Å². The fourth-order valence-electron chi connectivity index (χ4n) is 3.19. The number of fused-ring (bicyclic) bond motifs is 1. The molecule has 2 heterocycles. The fraction of sp³-hybridized carbons (Fsp3) is 0.143. The lowest BCUT2D eigenvalue weighted by Gasteiger charge is -2.26. The van der Waals surface area contributed by atoms with Gasteiger partial charge in [0.2, 0.25) is 0 Å². The minimum Gasteiger partial charge on any atom is -0.361 e. The van der Waals surface area contributed by atoms with E-state index in [-0.39, 0.29) is 12.1 Å². The highest BCUT2D eigenvalue weighted by atomic mass is 35.5. The van der Waals surface area contributed by atoms with Gasteiger partial charge in [0.1, 0.15) is 12.0 Å². The van der Waals surface area contributed by atoms with Gasteiger partial charge in [-0.15, -0.1) is 0 Å². The number of carbonyl (C=O) groups is 1. The summed E-state index contributed by atoms with van der Waals surface area (Å²) in [7, 11) is 0. The van der Waals surface area contributed by atoms with Crippen molar-refractivity contribution in [2.75, 3.05) is 10.2 Å². The minimum atomic E-state index is -0.325. The summed E-state index contributed by atoms with van der Waals surface area (Å²) in [5.74, 6) is 0.494. The van der Waals surface area contributed by atoms with Crippen molar-refractivity contribution < 1.29 is 4.79 Å². The monoisotopic (exact) mass is 363 g/mol. The number of aryl methyl sites for hydroxylation is 2. The fourth-order valence-corrected chi connectivity index (χ4v) is 3.31. The van der Waals surface area contributed by atoms with E-state index in [1.807, 2.05) is 30.3 Å². The van der Waals surface area contributed by atoms with Gasteiger partial charge in [-0.2, -0.15) is 0 Å². The number of nitrogens with zero attached hydrogens (tertiary/aromatic N) is 2. The third kappa shape index (κ3) is 2.82. The molecule has 130 valence electrons. The number of nitrogens with one attached hydrogen (secondary N) is 1. The van der Waals surface area contributed by atoms with Crippen molar-refractivity contribution >= 4 is 29.0 Å². The topological polar surface area (TPSA) is 45.2 Å². The Balaban J connectivity index is 1.77. The number of hydrogen-bond donors (Lipinski definition) is 1. The SMILES string of the molecule is Cc1ccc(NC2c3ccccc3C(=O)N2c2ccc(Cl)cn2)cc1C. The van der Waals surface area contributed by atoms with Crippen molar-refractivity contribution in [1.29, 1.82) is 0 Å². The van der Waals surface area contributed by atoms with Gasteiger partial charge in [-0.1, -0.05) is 35.9 Å². The molecule has 1 N–H and O–H groups in total. The van der Waals surface area contributed by atoms with Gasteiger partial charge in [-0.25, -0.2) is 4.98 Å². The third-order valence-corrected chi connectivity index (χ3v) is 4.96. The maximum Gasteiger partial charge on any atom is 0.261 e. The molecule has 4 rings (SSSR count). The van der Waals surface area contributed by atoms with E-state index in [1.165, 1.54) is 11.1 Å². The van der Waals surface area contributed by atoms with E-state index < -0.39 is 0 Å². The first-order valence-electron chi connectivity index (χ1n) is 8.42. The Kier molecular flexibility index (Phi) is 4.13. The van der Waals surface area contributed by atoms with E-state index in [0.29, 0.717) is 16.4 Å². The zero-order chi connectivity index (χ0) is 18.3. The van der Waals surface area contributed by atoms with Crippen molar-refractivity contribution in [2.24, 2.45) is 0 Å². The molecule has 1 aliphatic rings.